The molecule has 9 nitrogen and oxygen atoms in total. The molecule has 0 unspecified atom stereocenters. The van der Waals surface area contributed by atoms with Crippen LogP contribution in [0.2, 0.25) is 0 Å². The number of carboxylic acids is 1. The first-order chi connectivity index (χ1) is 9.65. The van der Waals surface area contributed by atoms with Gasteiger partial charge in [0.25, 0.3) is 5.56 Å². The molecule has 106 valence electrons. The summed E-state index contributed by atoms with van der Waals surface area (Å²) < 4.78 is 1.28. The van der Waals surface area contributed by atoms with E-state index in [0.29, 0.717) is 5.95 Å². The Morgan fingerprint density at radius 2 is 2.15 bits per heavy atom. The molecular formula is C11H14N6O3. The molecule has 20 heavy (non-hydrogen) atoms. The fourth-order valence-electron chi connectivity index (χ4n) is 2.27. The molecule has 0 spiro atoms. The molecule has 2 aromatic heterocycles. The zero-order chi connectivity index (χ0) is 14.1. The Labute approximate surface area is 113 Å². The number of anilines is 1. The van der Waals surface area contributed by atoms with Crippen LogP contribution in [0.1, 0.15) is 0 Å². The number of piperazine rings is 1. The summed E-state index contributed by atoms with van der Waals surface area (Å²) in [5.41, 5.74) is 0.0806. The number of aromatic nitrogens is 4. The first-order valence-electron chi connectivity index (χ1n) is 6.28. The number of H-pyrrole nitrogens is 1. The molecule has 1 fully saturated rings. The fourth-order valence-corrected chi connectivity index (χ4v) is 2.27. The highest BCUT2D eigenvalue weighted by Gasteiger charge is 2.17. The highest BCUT2D eigenvalue weighted by atomic mass is 16.4. The largest absolute Gasteiger partial charge is 0.480 e. The first kappa shape index (κ1) is 12.6. The van der Waals surface area contributed by atoms with Crippen LogP contribution in [-0.4, -0.2) is 56.8 Å². The lowest BCUT2D eigenvalue weighted by atomic mass is 10.4. The Morgan fingerprint density at radius 1 is 1.40 bits per heavy atom. The van der Waals surface area contributed by atoms with Gasteiger partial charge in [0.05, 0.1) is 6.33 Å². The number of rotatable bonds is 3. The molecule has 3 rings (SSSR count). The van der Waals surface area contributed by atoms with Crippen molar-refractivity contribution in [3.05, 3.63) is 16.7 Å². The van der Waals surface area contributed by atoms with Crippen LogP contribution in [0.4, 0.5) is 5.95 Å². The number of carboxylic acid groups (broad SMARTS) is 1. The summed E-state index contributed by atoms with van der Waals surface area (Å²) in [6, 6.07) is 0. The van der Waals surface area contributed by atoms with Gasteiger partial charge in [0.1, 0.15) is 6.54 Å². The van der Waals surface area contributed by atoms with Gasteiger partial charge in [-0.1, -0.05) is 0 Å². The van der Waals surface area contributed by atoms with Gasteiger partial charge in [-0.15, -0.1) is 0 Å². The Balaban J connectivity index is 2.02. The third-order valence-corrected chi connectivity index (χ3v) is 3.19. The summed E-state index contributed by atoms with van der Waals surface area (Å²) in [5.74, 6) is -0.556. The van der Waals surface area contributed by atoms with Crippen molar-refractivity contribution in [3.8, 4) is 0 Å². The number of hydrogen-bond acceptors (Lipinski definition) is 6. The maximum Gasteiger partial charge on any atom is 0.323 e. The normalized spacial score (nSPS) is 15.7. The first-order valence-corrected chi connectivity index (χ1v) is 6.28. The van der Waals surface area contributed by atoms with Crippen LogP contribution in [0.25, 0.3) is 11.2 Å². The minimum absolute atomic E-state index is 0.186. The smallest absolute Gasteiger partial charge is 0.323 e. The number of aromatic amines is 1. The van der Waals surface area contributed by atoms with E-state index >= 15 is 0 Å². The molecule has 0 bridgehead atoms. The average molecular weight is 278 g/mol. The van der Waals surface area contributed by atoms with Crippen molar-refractivity contribution in [2.45, 2.75) is 6.54 Å². The van der Waals surface area contributed by atoms with Gasteiger partial charge in [-0.25, -0.2) is 4.98 Å². The van der Waals surface area contributed by atoms with Gasteiger partial charge in [0.2, 0.25) is 5.95 Å². The number of nitrogens with zero attached hydrogens (tertiary/aromatic N) is 4. The van der Waals surface area contributed by atoms with Crippen molar-refractivity contribution in [1.29, 1.82) is 0 Å². The summed E-state index contributed by atoms with van der Waals surface area (Å²) in [7, 11) is 0. The monoisotopic (exact) mass is 278 g/mol. The maximum atomic E-state index is 12.1. The summed E-state index contributed by atoms with van der Waals surface area (Å²) >= 11 is 0. The molecule has 0 aliphatic carbocycles. The third-order valence-electron chi connectivity index (χ3n) is 3.19. The lowest BCUT2D eigenvalue weighted by Gasteiger charge is -2.27. The maximum absolute atomic E-state index is 12.1. The van der Waals surface area contributed by atoms with Gasteiger partial charge < -0.3 is 19.9 Å². The second-order valence-corrected chi connectivity index (χ2v) is 4.57. The number of fused-ring (bicyclic) bond motifs is 1. The van der Waals surface area contributed by atoms with E-state index < -0.39 is 5.97 Å². The zero-order valence-corrected chi connectivity index (χ0v) is 10.7. The highest BCUT2D eigenvalue weighted by molar-refractivity contribution is 5.74. The minimum Gasteiger partial charge on any atom is -0.480 e. The van der Waals surface area contributed by atoms with Crippen molar-refractivity contribution in [2.75, 3.05) is 31.1 Å². The number of hydrogen-bond donors (Lipinski definition) is 3. The van der Waals surface area contributed by atoms with Gasteiger partial charge in [-0.2, -0.15) is 4.98 Å². The molecule has 0 radical (unpaired) electrons. The molecule has 1 aliphatic heterocycles. The molecule has 3 N–H and O–H groups in total. The van der Waals surface area contributed by atoms with Gasteiger partial charge in [0, 0.05) is 26.2 Å². The van der Waals surface area contributed by atoms with E-state index in [2.05, 4.69) is 20.3 Å². The molecule has 0 aromatic carbocycles. The molecule has 1 saturated heterocycles. The lowest BCUT2D eigenvalue weighted by molar-refractivity contribution is -0.137. The molecule has 3 heterocycles. The summed E-state index contributed by atoms with van der Waals surface area (Å²) in [6.07, 6.45) is 1.32. The third kappa shape index (κ3) is 2.23. The van der Waals surface area contributed by atoms with Crippen molar-refractivity contribution in [2.24, 2.45) is 0 Å². The standard InChI is InChI=1S/C11H14N6O3/c18-7(19)5-17-6-13-9-8(17)10(20)15-11(14-9)16-3-1-12-2-4-16/h6,12H,1-5H2,(H,18,19)(H,14,15,20). The summed E-state index contributed by atoms with van der Waals surface area (Å²) in [4.78, 5) is 35.8. The summed E-state index contributed by atoms with van der Waals surface area (Å²) in [6.45, 7) is 2.85. The van der Waals surface area contributed by atoms with Crippen LogP contribution in [0.15, 0.2) is 11.1 Å². The van der Waals surface area contributed by atoms with Crippen molar-refractivity contribution in [1.82, 2.24) is 24.8 Å². The number of carbonyl (C=O) groups is 1. The summed E-state index contributed by atoms with van der Waals surface area (Å²) in [5, 5.41) is 12.0. The molecule has 2 aromatic rings. The van der Waals surface area contributed by atoms with E-state index in [4.69, 9.17) is 5.11 Å². The molecule has 9 heteroatoms. The molecule has 0 saturated carbocycles. The minimum atomic E-state index is -1.03. The lowest BCUT2D eigenvalue weighted by Crippen LogP contribution is -2.44. The van der Waals surface area contributed by atoms with Crippen LogP contribution in [0, 0.1) is 0 Å². The van der Waals surface area contributed by atoms with E-state index in [1.807, 2.05) is 4.90 Å². The fraction of sp³-hybridized carbons (Fsp3) is 0.455. The van der Waals surface area contributed by atoms with Crippen LogP contribution >= 0.6 is 0 Å². The van der Waals surface area contributed by atoms with E-state index in [1.165, 1.54) is 10.9 Å². The Hall–Kier alpha value is -2.42. The van der Waals surface area contributed by atoms with Crippen molar-refractivity contribution < 1.29 is 9.90 Å². The van der Waals surface area contributed by atoms with Gasteiger partial charge >= 0.3 is 5.97 Å². The van der Waals surface area contributed by atoms with Gasteiger partial charge in [-0.3, -0.25) is 14.6 Å². The zero-order valence-electron chi connectivity index (χ0n) is 10.7. The quantitative estimate of drug-likeness (QED) is 0.633. The highest BCUT2D eigenvalue weighted by Crippen LogP contribution is 2.11. The Kier molecular flexibility index (Phi) is 3.11. The van der Waals surface area contributed by atoms with E-state index in [9.17, 15) is 9.59 Å². The van der Waals surface area contributed by atoms with Crippen LogP contribution < -0.4 is 15.8 Å². The predicted octanol–water partition coefficient (Wildman–Crippen LogP) is -1.39. The van der Waals surface area contributed by atoms with E-state index in [1.54, 1.807) is 0 Å². The van der Waals surface area contributed by atoms with Crippen molar-refractivity contribution in [3.63, 3.8) is 0 Å². The van der Waals surface area contributed by atoms with Crippen LogP contribution in [0.5, 0.6) is 0 Å². The van der Waals surface area contributed by atoms with Crippen LogP contribution in [0.3, 0.4) is 0 Å². The van der Waals surface area contributed by atoms with Crippen LogP contribution in [-0.2, 0) is 11.3 Å². The molecular weight excluding hydrogens is 264 g/mol. The van der Waals surface area contributed by atoms with E-state index in [0.717, 1.165) is 26.2 Å². The molecule has 0 amide bonds. The van der Waals surface area contributed by atoms with Gasteiger partial charge in [-0.05, 0) is 0 Å². The number of nitrogens with one attached hydrogen (secondary N) is 2. The number of imidazole rings is 1. The van der Waals surface area contributed by atoms with E-state index in [-0.39, 0.29) is 23.3 Å². The Morgan fingerprint density at radius 3 is 2.85 bits per heavy atom. The topological polar surface area (TPSA) is 116 Å². The second kappa shape index (κ2) is 4.93. The Bertz CT molecular complexity index is 700. The average Bonchev–Trinajstić information content (AvgIpc) is 2.82. The number of aliphatic carboxylic acids is 1. The second-order valence-electron chi connectivity index (χ2n) is 4.57. The SMILES string of the molecule is O=C(O)Cn1cnc2nc(N3CCNCC3)[nH]c(=O)c21. The predicted molar refractivity (Wildman–Crippen MR) is 70.9 cm³/mol. The van der Waals surface area contributed by atoms with Gasteiger partial charge in [0.15, 0.2) is 11.2 Å². The molecule has 1 aliphatic rings. The van der Waals surface area contributed by atoms with Crippen molar-refractivity contribution >= 4 is 23.1 Å². The molecule has 0 atom stereocenters.